The van der Waals surface area contributed by atoms with Gasteiger partial charge in [-0.2, -0.15) is 0 Å². The van der Waals surface area contributed by atoms with Gasteiger partial charge < -0.3 is 14.8 Å². The first-order valence-corrected chi connectivity index (χ1v) is 8.00. The highest BCUT2D eigenvalue weighted by Crippen LogP contribution is 2.27. The summed E-state index contributed by atoms with van der Waals surface area (Å²) in [6.45, 7) is 7.49. The predicted molar refractivity (Wildman–Crippen MR) is 87.3 cm³/mol. The summed E-state index contributed by atoms with van der Waals surface area (Å²) >= 11 is 3.65. The van der Waals surface area contributed by atoms with Gasteiger partial charge >= 0.3 is 0 Å². The van der Waals surface area contributed by atoms with Crippen LogP contribution in [0.15, 0.2) is 28.7 Å². The monoisotopic (exact) mass is 343 g/mol. The number of hydrogen-bond donors (Lipinski definition) is 1. The van der Waals surface area contributed by atoms with E-state index in [1.54, 1.807) is 7.11 Å². The van der Waals surface area contributed by atoms with Gasteiger partial charge in [-0.3, -0.25) is 0 Å². The van der Waals surface area contributed by atoms with Crippen LogP contribution in [0.25, 0.3) is 0 Å². The number of hydrogen-bond acceptors (Lipinski definition) is 3. The largest absolute Gasteiger partial charge is 0.383 e. The SMILES string of the molecule is COCCNCC(CCOC(C)C)c1ccccc1Br. The van der Waals surface area contributed by atoms with Crippen molar-refractivity contribution < 1.29 is 9.47 Å². The van der Waals surface area contributed by atoms with Gasteiger partial charge in [0.15, 0.2) is 0 Å². The fourth-order valence-corrected chi connectivity index (χ4v) is 2.68. The van der Waals surface area contributed by atoms with E-state index in [-0.39, 0.29) is 6.10 Å². The molecule has 20 heavy (non-hydrogen) atoms. The molecule has 3 nitrogen and oxygen atoms in total. The van der Waals surface area contributed by atoms with Gasteiger partial charge in [-0.25, -0.2) is 0 Å². The Morgan fingerprint density at radius 3 is 2.60 bits per heavy atom. The first-order valence-electron chi connectivity index (χ1n) is 7.20. The minimum atomic E-state index is 0.288. The summed E-state index contributed by atoms with van der Waals surface area (Å²) in [6, 6.07) is 8.42. The quantitative estimate of drug-likeness (QED) is 0.658. The molecule has 1 aromatic rings. The van der Waals surface area contributed by atoms with Crippen LogP contribution in [-0.4, -0.2) is 39.5 Å². The maximum atomic E-state index is 5.69. The van der Waals surface area contributed by atoms with E-state index >= 15 is 0 Å². The zero-order valence-electron chi connectivity index (χ0n) is 12.7. The highest BCUT2D eigenvalue weighted by molar-refractivity contribution is 9.10. The molecule has 0 bridgehead atoms. The van der Waals surface area contributed by atoms with Gasteiger partial charge in [0.25, 0.3) is 0 Å². The van der Waals surface area contributed by atoms with Crippen LogP contribution >= 0.6 is 15.9 Å². The second kappa shape index (κ2) is 10.3. The van der Waals surface area contributed by atoms with Gasteiger partial charge in [-0.15, -0.1) is 0 Å². The summed E-state index contributed by atoms with van der Waals surface area (Å²) < 4.78 is 11.9. The van der Waals surface area contributed by atoms with Crippen LogP contribution in [0, 0.1) is 0 Å². The van der Waals surface area contributed by atoms with Crippen LogP contribution in [0.1, 0.15) is 31.7 Å². The number of rotatable bonds is 10. The highest BCUT2D eigenvalue weighted by Gasteiger charge is 2.14. The van der Waals surface area contributed by atoms with Crippen molar-refractivity contribution in [2.24, 2.45) is 0 Å². The first kappa shape index (κ1) is 17.6. The maximum Gasteiger partial charge on any atom is 0.0587 e. The molecule has 1 atom stereocenters. The van der Waals surface area contributed by atoms with Crippen molar-refractivity contribution in [1.82, 2.24) is 5.32 Å². The Labute approximate surface area is 131 Å². The molecule has 4 heteroatoms. The second-order valence-electron chi connectivity index (χ2n) is 5.12. The van der Waals surface area contributed by atoms with E-state index in [0.717, 1.165) is 32.7 Å². The standard InChI is InChI=1S/C16H26BrNO2/c1-13(2)20-10-8-14(12-18-9-11-19-3)15-6-4-5-7-16(15)17/h4-7,13-14,18H,8-12H2,1-3H3. The maximum absolute atomic E-state index is 5.69. The molecule has 0 saturated heterocycles. The lowest BCUT2D eigenvalue weighted by Crippen LogP contribution is -2.26. The Balaban J connectivity index is 2.56. The van der Waals surface area contributed by atoms with Crippen molar-refractivity contribution in [2.45, 2.75) is 32.3 Å². The number of ether oxygens (including phenoxy) is 2. The molecule has 0 saturated carbocycles. The van der Waals surface area contributed by atoms with E-state index in [1.807, 2.05) is 6.07 Å². The van der Waals surface area contributed by atoms with Gasteiger partial charge in [0.1, 0.15) is 0 Å². The molecule has 1 N–H and O–H groups in total. The zero-order chi connectivity index (χ0) is 14.8. The Hall–Kier alpha value is -0.420. The first-order chi connectivity index (χ1) is 9.65. The zero-order valence-corrected chi connectivity index (χ0v) is 14.3. The Morgan fingerprint density at radius 2 is 1.95 bits per heavy atom. The molecule has 114 valence electrons. The van der Waals surface area contributed by atoms with E-state index in [1.165, 1.54) is 10.0 Å². The van der Waals surface area contributed by atoms with Crippen molar-refractivity contribution in [3.8, 4) is 0 Å². The summed E-state index contributed by atoms with van der Waals surface area (Å²) in [7, 11) is 1.73. The molecule has 0 aliphatic rings. The average molecular weight is 344 g/mol. The Morgan fingerprint density at radius 1 is 1.20 bits per heavy atom. The second-order valence-corrected chi connectivity index (χ2v) is 5.98. The number of methoxy groups -OCH3 is 1. The third kappa shape index (κ3) is 6.84. The molecule has 1 rings (SSSR count). The summed E-state index contributed by atoms with van der Waals surface area (Å²) in [4.78, 5) is 0. The molecule has 0 aliphatic heterocycles. The summed E-state index contributed by atoms with van der Waals surface area (Å²) in [6.07, 6.45) is 1.30. The summed E-state index contributed by atoms with van der Waals surface area (Å²) in [5, 5.41) is 3.45. The lowest BCUT2D eigenvalue weighted by Gasteiger charge is -2.20. The van der Waals surface area contributed by atoms with Crippen molar-refractivity contribution in [2.75, 3.05) is 33.4 Å². The molecule has 0 spiro atoms. The Bertz CT molecular complexity index is 371. The van der Waals surface area contributed by atoms with Crippen LogP contribution in [0.3, 0.4) is 0 Å². The molecular formula is C16H26BrNO2. The van der Waals surface area contributed by atoms with Gasteiger partial charge in [0, 0.05) is 31.3 Å². The molecule has 0 amide bonds. The van der Waals surface area contributed by atoms with Gasteiger partial charge in [-0.1, -0.05) is 34.1 Å². The van der Waals surface area contributed by atoms with E-state index in [0.29, 0.717) is 5.92 Å². The average Bonchev–Trinajstić information content (AvgIpc) is 2.42. The molecular weight excluding hydrogens is 318 g/mol. The van der Waals surface area contributed by atoms with E-state index < -0.39 is 0 Å². The van der Waals surface area contributed by atoms with Gasteiger partial charge in [0.2, 0.25) is 0 Å². The fraction of sp³-hybridized carbons (Fsp3) is 0.625. The summed E-state index contributed by atoms with van der Waals surface area (Å²) in [5.74, 6) is 0.446. The van der Waals surface area contributed by atoms with E-state index in [4.69, 9.17) is 9.47 Å². The van der Waals surface area contributed by atoms with Crippen LogP contribution in [-0.2, 0) is 9.47 Å². The molecule has 0 fully saturated rings. The third-order valence-corrected chi connectivity index (χ3v) is 3.86. The lowest BCUT2D eigenvalue weighted by atomic mass is 9.96. The lowest BCUT2D eigenvalue weighted by molar-refractivity contribution is 0.0731. The predicted octanol–water partition coefficient (Wildman–Crippen LogP) is 3.58. The van der Waals surface area contributed by atoms with Crippen LogP contribution < -0.4 is 5.32 Å². The number of nitrogens with one attached hydrogen (secondary N) is 1. The highest BCUT2D eigenvalue weighted by atomic mass is 79.9. The van der Waals surface area contributed by atoms with Crippen molar-refractivity contribution in [3.05, 3.63) is 34.3 Å². The van der Waals surface area contributed by atoms with Gasteiger partial charge in [0.05, 0.1) is 12.7 Å². The normalized spacial score (nSPS) is 12.8. The van der Waals surface area contributed by atoms with Crippen LogP contribution in [0.4, 0.5) is 0 Å². The van der Waals surface area contributed by atoms with Crippen LogP contribution in [0.5, 0.6) is 0 Å². The van der Waals surface area contributed by atoms with Crippen LogP contribution in [0.2, 0.25) is 0 Å². The van der Waals surface area contributed by atoms with Crippen molar-refractivity contribution >= 4 is 15.9 Å². The van der Waals surface area contributed by atoms with Crippen molar-refractivity contribution in [3.63, 3.8) is 0 Å². The molecule has 0 radical (unpaired) electrons. The molecule has 0 heterocycles. The molecule has 0 aromatic heterocycles. The smallest absolute Gasteiger partial charge is 0.0587 e. The molecule has 1 unspecified atom stereocenters. The minimum absolute atomic E-state index is 0.288. The van der Waals surface area contributed by atoms with Gasteiger partial charge in [-0.05, 0) is 37.8 Å². The molecule has 0 aliphatic carbocycles. The molecule has 1 aromatic carbocycles. The summed E-state index contributed by atoms with van der Waals surface area (Å²) in [5.41, 5.74) is 1.34. The van der Waals surface area contributed by atoms with E-state index in [9.17, 15) is 0 Å². The fourth-order valence-electron chi connectivity index (χ4n) is 2.07. The van der Waals surface area contributed by atoms with E-state index in [2.05, 4.69) is 53.3 Å². The Kier molecular flexibility index (Phi) is 9.10. The third-order valence-electron chi connectivity index (χ3n) is 3.14. The number of halogens is 1. The topological polar surface area (TPSA) is 30.5 Å². The number of benzene rings is 1. The van der Waals surface area contributed by atoms with Crippen molar-refractivity contribution in [1.29, 1.82) is 0 Å². The minimum Gasteiger partial charge on any atom is -0.383 e.